The summed E-state index contributed by atoms with van der Waals surface area (Å²) in [4.78, 5) is 29.0. The SMILES string of the molecule is COCC(=O)N1CCN(C(=O)c2cc3ccccc3n2Cc2ccccc2)CC1. The number of hydrogen-bond donors (Lipinski definition) is 0. The monoisotopic (exact) mass is 391 g/mol. The van der Waals surface area contributed by atoms with Crippen LogP contribution in [-0.2, 0) is 16.1 Å². The van der Waals surface area contributed by atoms with Crippen molar-refractivity contribution in [3.63, 3.8) is 0 Å². The number of aromatic nitrogens is 1. The van der Waals surface area contributed by atoms with E-state index in [0.717, 1.165) is 16.5 Å². The molecule has 0 N–H and O–H groups in total. The van der Waals surface area contributed by atoms with Gasteiger partial charge in [0.25, 0.3) is 5.91 Å². The summed E-state index contributed by atoms with van der Waals surface area (Å²) in [6.45, 7) is 2.85. The van der Waals surface area contributed by atoms with Gasteiger partial charge < -0.3 is 19.1 Å². The van der Waals surface area contributed by atoms with Crippen LogP contribution in [0.5, 0.6) is 0 Å². The first-order valence-electron chi connectivity index (χ1n) is 9.85. The molecule has 1 fully saturated rings. The van der Waals surface area contributed by atoms with E-state index in [9.17, 15) is 9.59 Å². The Kier molecular flexibility index (Phi) is 5.62. The van der Waals surface area contributed by atoms with E-state index in [1.165, 1.54) is 7.11 Å². The summed E-state index contributed by atoms with van der Waals surface area (Å²) in [7, 11) is 1.52. The Morgan fingerprint density at radius 3 is 2.28 bits per heavy atom. The van der Waals surface area contributed by atoms with E-state index in [0.29, 0.717) is 38.4 Å². The lowest BCUT2D eigenvalue weighted by molar-refractivity contribution is -0.136. The number of benzene rings is 2. The number of fused-ring (bicyclic) bond motifs is 1. The average molecular weight is 391 g/mol. The van der Waals surface area contributed by atoms with Gasteiger partial charge in [0.15, 0.2) is 0 Å². The summed E-state index contributed by atoms with van der Waals surface area (Å²) in [6.07, 6.45) is 0. The number of piperazine rings is 1. The van der Waals surface area contributed by atoms with Gasteiger partial charge in [0, 0.05) is 50.7 Å². The van der Waals surface area contributed by atoms with Gasteiger partial charge in [-0.25, -0.2) is 0 Å². The van der Waals surface area contributed by atoms with Gasteiger partial charge in [-0.1, -0.05) is 48.5 Å². The van der Waals surface area contributed by atoms with Gasteiger partial charge >= 0.3 is 0 Å². The van der Waals surface area contributed by atoms with Gasteiger partial charge in [0.05, 0.1) is 0 Å². The van der Waals surface area contributed by atoms with Gasteiger partial charge in [0.2, 0.25) is 5.91 Å². The minimum absolute atomic E-state index is 0.0102. The zero-order valence-corrected chi connectivity index (χ0v) is 16.6. The van der Waals surface area contributed by atoms with Crippen molar-refractivity contribution in [1.82, 2.24) is 14.4 Å². The fourth-order valence-corrected chi connectivity index (χ4v) is 3.86. The van der Waals surface area contributed by atoms with Crippen LogP contribution in [0.3, 0.4) is 0 Å². The molecule has 2 amide bonds. The van der Waals surface area contributed by atoms with Crippen molar-refractivity contribution in [2.75, 3.05) is 39.9 Å². The lowest BCUT2D eigenvalue weighted by atomic mass is 10.2. The molecule has 0 radical (unpaired) electrons. The van der Waals surface area contributed by atoms with E-state index in [-0.39, 0.29) is 18.4 Å². The van der Waals surface area contributed by atoms with Crippen LogP contribution in [0.1, 0.15) is 16.1 Å². The highest BCUT2D eigenvalue weighted by molar-refractivity contribution is 5.99. The topological polar surface area (TPSA) is 54.8 Å². The van der Waals surface area contributed by atoms with Crippen LogP contribution in [0.15, 0.2) is 60.7 Å². The summed E-state index contributed by atoms with van der Waals surface area (Å²) < 4.78 is 7.02. The summed E-state index contributed by atoms with van der Waals surface area (Å²) in [5.41, 5.74) is 2.89. The molecule has 3 aromatic rings. The smallest absolute Gasteiger partial charge is 0.270 e. The third-order valence-electron chi connectivity index (χ3n) is 5.40. The predicted octanol–water partition coefficient (Wildman–Crippen LogP) is 2.62. The second-order valence-electron chi connectivity index (χ2n) is 7.27. The predicted molar refractivity (Wildman–Crippen MR) is 112 cm³/mol. The van der Waals surface area contributed by atoms with Crippen molar-refractivity contribution >= 4 is 22.7 Å². The molecule has 2 aromatic carbocycles. The molecular weight excluding hydrogens is 366 g/mol. The minimum Gasteiger partial charge on any atom is -0.375 e. The second kappa shape index (κ2) is 8.49. The van der Waals surface area contributed by atoms with Gasteiger partial charge in [-0.2, -0.15) is 0 Å². The summed E-state index contributed by atoms with van der Waals surface area (Å²) in [6, 6.07) is 20.2. The van der Waals surface area contributed by atoms with Gasteiger partial charge in [-0.15, -0.1) is 0 Å². The van der Waals surface area contributed by atoms with Crippen molar-refractivity contribution in [2.24, 2.45) is 0 Å². The lowest BCUT2D eigenvalue weighted by Crippen LogP contribution is -2.51. The highest BCUT2D eigenvalue weighted by Crippen LogP contribution is 2.23. The van der Waals surface area contributed by atoms with Crippen LogP contribution in [0.25, 0.3) is 10.9 Å². The van der Waals surface area contributed by atoms with Crippen LogP contribution >= 0.6 is 0 Å². The van der Waals surface area contributed by atoms with Crippen LogP contribution < -0.4 is 0 Å². The Labute approximate surface area is 170 Å². The molecule has 0 bridgehead atoms. The van der Waals surface area contributed by atoms with Crippen molar-refractivity contribution in [2.45, 2.75) is 6.54 Å². The van der Waals surface area contributed by atoms with Gasteiger partial charge in [-0.3, -0.25) is 9.59 Å². The standard InChI is InChI=1S/C23H25N3O3/c1-29-17-22(27)24-11-13-25(14-12-24)23(28)21-15-19-9-5-6-10-20(19)26(21)16-18-7-3-2-4-8-18/h2-10,15H,11-14,16-17H2,1H3. The van der Waals surface area contributed by atoms with Crippen molar-refractivity contribution < 1.29 is 14.3 Å². The quantitative estimate of drug-likeness (QED) is 0.672. The van der Waals surface area contributed by atoms with E-state index in [2.05, 4.69) is 22.8 Å². The lowest BCUT2D eigenvalue weighted by Gasteiger charge is -2.34. The molecule has 4 rings (SSSR count). The maximum atomic E-state index is 13.4. The fraction of sp³-hybridized carbons (Fsp3) is 0.304. The number of rotatable bonds is 5. The number of para-hydroxylation sites is 1. The number of ether oxygens (including phenoxy) is 1. The zero-order chi connectivity index (χ0) is 20.2. The molecular formula is C23H25N3O3. The number of methoxy groups -OCH3 is 1. The normalized spacial score (nSPS) is 14.4. The first-order valence-corrected chi connectivity index (χ1v) is 9.85. The van der Waals surface area contributed by atoms with E-state index < -0.39 is 0 Å². The largest absolute Gasteiger partial charge is 0.375 e. The summed E-state index contributed by atoms with van der Waals surface area (Å²) in [5, 5.41) is 1.06. The molecule has 0 unspecified atom stereocenters. The number of carbonyl (C=O) groups excluding carboxylic acids is 2. The van der Waals surface area contributed by atoms with E-state index in [1.54, 1.807) is 4.90 Å². The van der Waals surface area contributed by atoms with E-state index in [4.69, 9.17) is 4.74 Å². The molecule has 0 saturated carbocycles. The molecule has 0 aliphatic carbocycles. The highest BCUT2D eigenvalue weighted by Gasteiger charge is 2.27. The van der Waals surface area contributed by atoms with Crippen molar-refractivity contribution in [1.29, 1.82) is 0 Å². The molecule has 29 heavy (non-hydrogen) atoms. The Balaban J connectivity index is 1.58. The number of amides is 2. The van der Waals surface area contributed by atoms with Crippen LogP contribution in [0, 0.1) is 0 Å². The van der Waals surface area contributed by atoms with E-state index in [1.807, 2.05) is 47.4 Å². The molecule has 6 heteroatoms. The molecule has 2 heterocycles. The number of carbonyl (C=O) groups is 2. The zero-order valence-electron chi connectivity index (χ0n) is 16.6. The highest BCUT2D eigenvalue weighted by atomic mass is 16.5. The number of hydrogen-bond acceptors (Lipinski definition) is 3. The van der Waals surface area contributed by atoms with Crippen molar-refractivity contribution in [3.8, 4) is 0 Å². The van der Waals surface area contributed by atoms with Gasteiger partial charge in [0.1, 0.15) is 12.3 Å². The van der Waals surface area contributed by atoms with Crippen LogP contribution in [-0.4, -0.2) is 66.1 Å². The molecule has 1 aliphatic heterocycles. The molecule has 1 aromatic heterocycles. The molecule has 1 saturated heterocycles. The average Bonchev–Trinajstić information content (AvgIpc) is 3.13. The molecule has 0 spiro atoms. The molecule has 150 valence electrons. The van der Waals surface area contributed by atoms with Crippen LogP contribution in [0.4, 0.5) is 0 Å². The third kappa shape index (κ3) is 4.03. The van der Waals surface area contributed by atoms with Gasteiger partial charge in [-0.05, 0) is 17.7 Å². The minimum atomic E-state index is -0.0298. The summed E-state index contributed by atoms with van der Waals surface area (Å²) in [5.74, 6) is -0.0197. The Morgan fingerprint density at radius 1 is 0.897 bits per heavy atom. The Bertz CT molecular complexity index is 1000. The maximum absolute atomic E-state index is 13.4. The summed E-state index contributed by atoms with van der Waals surface area (Å²) >= 11 is 0. The fourth-order valence-electron chi connectivity index (χ4n) is 3.86. The first kappa shape index (κ1) is 19.2. The maximum Gasteiger partial charge on any atom is 0.270 e. The van der Waals surface area contributed by atoms with E-state index >= 15 is 0 Å². The number of nitrogens with zero attached hydrogens (tertiary/aromatic N) is 3. The molecule has 0 atom stereocenters. The third-order valence-corrected chi connectivity index (χ3v) is 5.40. The van der Waals surface area contributed by atoms with Crippen molar-refractivity contribution in [3.05, 3.63) is 71.9 Å². The van der Waals surface area contributed by atoms with Crippen LogP contribution in [0.2, 0.25) is 0 Å². The Morgan fingerprint density at radius 2 is 1.55 bits per heavy atom. The second-order valence-corrected chi connectivity index (χ2v) is 7.27. The molecule has 6 nitrogen and oxygen atoms in total. The Hall–Kier alpha value is -3.12. The first-order chi connectivity index (χ1) is 14.2. The molecule has 1 aliphatic rings.